The summed E-state index contributed by atoms with van der Waals surface area (Å²) in [7, 11) is 0. The van der Waals surface area contributed by atoms with Crippen LogP contribution in [0.4, 0.5) is 0 Å². The van der Waals surface area contributed by atoms with E-state index in [-0.39, 0.29) is 31.1 Å². The van der Waals surface area contributed by atoms with E-state index in [1.54, 1.807) is 0 Å². The maximum atomic E-state index is 13.0. The Balaban J connectivity index is 4.28. The molecule has 1 unspecified atom stereocenters. The first-order valence-electron chi connectivity index (χ1n) is 37.1. The number of carbonyl (C=O) groups is 3. The van der Waals surface area contributed by atoms with Gasteiger partial charge in [0.2, 0.25) is 0 Å². The van der Waals surface area contributed by atoms with Crippen molar-refractivity contribution < 1.29 is 28.6 Å². The van der Waals surface area contributed by atoms with Gasteiger partial charge in [-0.3, -0.25) is 14.4 Å². The second-order valence-corrected chi connectivity index (χ2v) is 25.2. The van der Waals surface area contributed by atoms with Crippen molar-refractivity contribution in [2.75, 3.05) is 13.2 Å². The van der Waals surface area contributed by atoms with Crippen LogP contribution in [0.2, 0.25) is 0 Å². The molecule has 0 amide bonds. The average molecular weight is 1160 g/mol. The zero-order chi connectivity index (χ0) is 59.9. The van der Waals surface area contributed by atoms with E-state index in [1.807, 2.05) is 0 Å². The highest BCUT2D eigenvalue weighted by Gasteiger charge is 2.19. The van der Waals surface area contributed by atoms with Crippen molar-refractivity contribution in [1.29, 1.82) is 0 Å². The van der Waals surface area contributed by atoms with Crippen LogP contribution >= 0.6 is 0 Å². The minimum Gasteiger partial charge on any atom is -0.462 e. The van der Waals surface area contributed by atoms with Gasteiger partial charge in [0.25, 0.3) is 0 Å². The predicted molar refractivity (Wildman–Crippen MR) is 362 cm³/mol. The van der Waals surface area contributed by atoms with Crippen LogP contribution in [0.25, 0.3) is 0 Å². The second-order valence-electron chi connectivity index (χ2n) is 25.2. The van der Waals surface area contributed by atoms with Crippen LogP contribution in [-0.2, 0) is 28.6 Å². The lowest BCUT2D eigenvalue weighted by Crippen LogP contribution is -2.30. The summed E-state index contributed by atoms with van der Waals surface area (Å²) in [6.07, 6.45) is 91.6. The Morgan fingerprint density at radius 1 is 0.253 bits per heavy atom. The third kappa shape index (κ3) is 70.0. The molecule has 0 fully saturated rings. The molecule has 0 aliphatic rings. The minimum absolute atomic E-state index is 0.0754. The molecule has 0 aromatic carbocycles. The summed E-state index contributed by atoms with van der Waals surface area (Å²) in [5.41, 5.74) is 0. The van der Waals surface area contributed by atoms with Gasteiger partial charge in [0.05, 0.1) is 0 Å². The first-order chi connectivity index (χ1) is 41.0. The molecule has 6 nitrogen and oxygen atoms in total. The normalized spacial score (nSPS) is 12.3. The topological polar surface area (TPSA) is 78.9 Å². The van der Waals surface area contributed by atoms with E-state index in [0.29, 0.717) is 19.3 Å². The van der Waals surface area contributed by atoms with Crippen molar-refractivity contribution in [1.82, 2.24) is 0 Å². The molecule has 0 radical (unpaired) electrons. The van der Waals surface area contributed by atoms with Crippen molar-refractivity contribution in [3.8, 4) is 0 Å². The van der Waals surface area contributed by atoms with Gasteiger partial charge in [0, 0.05) is 19.3 Å². The zero-order valence-corrected chi connectivity index (χ0v) is 56.0. The highest BCUT2D eigenvalue weighted by molar-refractivity contribution is 5.71. The Labute approximate surface area is 518 Å². The lowest BCUT2D eigenvalue weighted by molar-refractivity contribution is -0.167. The molecule has 0 heterocycles. The van der Waals surface area contributed by atoms with Crippen LogP contribution in [0.1, 0.15) is 406 Å². The monoisotopic (exact) mass is 1160 g/mol. The maximum Gasteiger partial charge on any atom is 0.306 e. The van der Waals surface area contributed by atoms with Gasteiger partial charge in [-0.05, 0) is 57.8 Å². The lowest BCUT2D eigenvalue weighted by Gasteiger charge is -2.18. The molecule has 0 saturated carbocycles. The van der Waals surface area contributed by atoms with Gasteiger partial charge in [-0.15, -0.1) is 0 Å². The largest absolute Gasteiger partial charge is 0.462 e. The summed E-state index contributed by atoms with van der Waals surface area (Å²) in [6.45, 7) is 6.59. The number of hydrogen-bond acceptors (Lipinski definition) is 6. The number of esters is 3. The molecule has 83 heavy (non-hydrogen) atoms. The molecular formula is C77H142O6. The van der Waals surface area contributed by atoms with Crippen LogP contribution in [0.3, 0.4) is 0 Å². The number of hydrogen-bond donors (Lipinski definition) is 0. The van der Waals surface area contributed by atoms with Gasteiger partial charge in [-0.2, -0.15) is 0 Å². The number of carbonyl (C=O) groups excluding carboxylic acids is 3. The van der Waals surface area contributed by atoms with Crippen LogP contribution in [-0.4, -0.2) is 37.2 Å². The van der Waals surface area contributed by atoms with Crippen LogP contribution < -0.4 is 0 Å². The fourth-order valence-electron chi connectivity index (χ4n) is 11.3. The number of rotatable bonds is 69. The van der Waals surface area contributed by atoms with Crippen molar-refractivity contribution in [3.05, 3.63) is 48.6 Å². The third-order valence-electron chi connectivity index (χ3n) is 16.8. The van der Waals surface area contributed by atoms with Crippen molar-refractivity contribution in [2.45, 2.75) is 412 Å². The Kier molecular flexibility index (Phi) is 69.6. The number of allylic oxidation sites excluding steroid dienone is 8. The molecule has 1 atom stereocenters. The summed E-state index contributed by atoms with van der Waals surface area (Å²) in [5, 5.41) is 0. The number of ether oxygens (including phenoxy) is 3. The molecule has 0 aliphatic carbocycles. The molecule has 0 saturated heterocycles. The van der Waals surface area contributed by atoms with Gasteiger partial charge < -0.3 is 14.2 Å². The van der Waals surface area contributed by atoms with Crippen LogP contribution in [0.5, 0.6) is 0 Å². The highest BCUT2D eigenvalue weighted by atomic mass is 16.6. The SMILES string of the molecule is CC/C=C\C/C=C\C/C=C\C/C=C\CCCCCCC(=O)OCC(COC(=O)CCCCCCCCCCCCCCCCCCCCCCCCCCCC)OC(=O)CCCCCCCCCCCCCCCCCCCCCCCC. The highest BCUT2D eigenvalue weighted by Crippen LogP contribution is 2.19. The van der Waals surface area contributed by atoms with E-state index < -0.39 is 6.10 Å². The van der Waals surface area contributed by atoms with Crippen molar-refractivity contribution in [3.63, 3.8) is 0 Å². The minimum atomic E-state index is -0.782. The fraction of sp³-hybridized carbons (Fsp3) is 0.857. The Morgan fingerprint density at radius 2 is 0.470 bits per heavy atom. The molecule has 0 aliphatic heterocycles. The molecule has 0 aromatic heterocycles. The summed E-state index contributed by atoms with van der Waals surface area (Å²) in [4.78, 5) is 38.5. The third-order valence-corrected chi connectivity index (χ3v) is 16.8. The summed E-state index contributed by atoms with van der Waals surface area (Å²) < 4.78 is 17.0. The summed E-state index contributed by atoms with van der Waals surface area (Å²) in [6, 6.07) is 0. The molecule has 0 aromatic rings. The van der Waals surface area contributed by atoms with E-state index in [2.05, 4.69) is 69.4 Å². The molecule has 486 valence electrons. The van der Waals surface area contributed by atoms with Gasteiger partial charge >= 0.3 is 17.9 Å². The maximum absolute atomic E-state index is 13.0. The Bertz CT molecular complexity index is 1430. The Hall–Kier alpha value is -2.63. The second kappa shape index (κ2) is 71.8. The molecular weight excluding hydrogens is 1020 g/mol. The molecule has 0 rings (SSSR count). The molecule has 0 spiro atoms. The zero-order valence-electron chi connectivity index (χ0n) is 56.0. The lowest BCUT2D eigenvalue weighted by atomic mass is 10.0. The summed E-state index contributed by atoms with van der Waals surface area (Å²) in [5.74, 6) is -0.869. The fourth-order valence-corrected chi connectivity index (χ4v) is 11.3. The first-order valence-corrected chi connectivity index (χ1v) is 37.1. The molecule has 0 N–H and O–H groups in total. The average Bonchev–Trinajstić information content (AvgIpc) is 3.50. The van der Waals surface area contributed by atoms with E-state index in [4.69, 9.17) is 14.2 Å². The van der Waals surface area contributed by atoms with E-state index >= 15 is 0 Å². The first kappa shape index (κ1) is 80.4. The van der Waals surface area contributed by atoms with Crippen LogP contribution in [0, 0.1) is 0 Å². The van der Waals surface area contributed by atoms with Gasteiger partial charge in [0.15, 0.2) is 6.10 Å². The molecule has 6 heteroatoms. The van der Waals surface area contributed by atoms with E-state index in [9.17, 15) is 14.4 Å². The van der Waals surface area contributed by atoms with Crippen molar-refractivity contribution >= 4 is 17.9 Å². The van der Waals surface area contributed by atoms with Crippen molar-refractivity contribution in [2.24, 2.45) is 0 Å². The Morgan fingerprint density at radius 3 is 0.735 bits per heavy atom. The van der Waals surface area contributed by atoms with E-state index in [0.717, 1.165) is 96.3 Å². The quantitative estimate of drug-likeness (QED) is 0.0261. The van der Waals surface area contributed by atoms with Crippen LogP contribution in [0.15, 0.2) is 48.6 Å². The molecule has 0 bridgehead atoms. The summed E-state index contributed by atoms with van der Waals surface area (Å²) >= 11 is 0. The predicted octanol–water partition coefficient (Wildman–Crippen LogP) is 25.7. The van der Waals surface area contributed by atoms with Gasteiger partial charge in [0.1, 0.15) is 13.2 Å². The smallest absolute Gasteiger partial charge is 0.306 e. The van der Waals surface area contributed by atoms with Gasteiger partial charge in [-0.25, -0.2) is 0 Å². The number of unbranched alkanes of at least 4 members (excludes halogenated alkanes) is 50. The van der Waals surface area contributed by atoms with Gasteiger partial charge in [-0.1, -0.05) is 378 Å². The van der Waals surface area contributed by atoms with E-state index in [1.165, 1.54) is 270 Å². The standard InChI is InChI=1S/C77H142O6/c1-4-7-10-13-16-19-22-25-28-31-33-35-37-38-39-40-42-43-46-49-52-55-58-61-64-67-70-76(79)82-73-74(72-81-75(78)69-66-63-60-57-54-51-48-45-30-27-24-21-18-15-12-9-6-3)83-77(80)71-68-65-62-59-56-53-50-47-44-41-36-34-32-29-26-23-20-17-14-11-8-5-2/h9,12,18,21,27,30,48,51,74H,4-8,10-11,13-17,19-20,22-26,28-29,31-47,49-50,52-73H2,1-3H3/b12-9-,21-18-,30-27-,51-48-.